The first-order valence-electron chi connectivity index (χ1n) is 9.80. The molecule has 2 aliphatic rings. The van der Waals surface area contributed by atoms with Crippen molar-refractivity contribution in [3.05, 3.63) is 53.6 Å². The molecule has 0 aromatic heterocycles. The molecule has 2 heterocycles. The van der Waals surface area contributed by atoms with Gasteiger partial charge in [0.15, 0.2) is 11.5 Å². The lowest BCUT2D eigenvalue weighted by Crippen LogP contribution is -2.32. The van der Waals surface area contributed by atoms with E-state index >= 15 is 0 Å². The van der Waals surface area contributed by atoms with Crippen LogP contribution in [0.25, 0.3) is 0 Å². The molecule has 1 saturated heterocycles. The van der Waals surface area contributed by atoms with Crippen LogP contribution in [0.2, 0.25) is 0 Å². The highest BCUT2D eigenvalue weighted by molar-refractivity contribution is 7.89. The summed E-state index contributed by atoms with van der Waals surface area (Å²) < 4.78 is 38.7. The second-order valence-corrected chi connectivity index (χ2v) is 9.01. The standard InChI is InChI=1S/C21H24N2O5S/c24-21(23-10-3-1-2-4-11-23)17-6-5-7-18(13-17)29(25,26)22-14-16-8-9-19-20(12-16)28-15-27-19/h5-9,12-13,22H,1-4,10-11,14-15H2. The van der Waals surface area contributed by atoms with Gasteiger partial charge in [0.25, 0.3) is 5.91 Å². The molecule has 1 N–H and O–H groups in total. The zero-order chi connectivity index (χ0) is 20.3. The highest BCUT2D eigenvalue weighted by Crippen LogP contribution is 2.32. The number of benzene rings is 2. The number of carbonyl (C=O) groups excluding carboxylic acids is 1. The SMILES string of the molecule is O=C(c1cccc(S(=O)(=O)NCc2ccc3c(c2)OCO3)c1)N1CCCCCC1. The van der Waals surface area contributed by atoms with Crippen molar-refractivity contribution in [3.8, 4) is 11.5 Å². The van der Waals surface area contributed by atoms with Crippen molar-refractivity contribution in [2.24, 2.45) is 0 Å². The van der Waals surface area contributed by atoms with Gasteiger partial charge in [0.05, 0.1) is 4.90 Å². The molecule has 2 aliphatic heterocycles. The fourth-order valence-corrected chi connectivity index (χ4v) is 4.63. The monoisotopic (exact) mass is 416 g/mol. The van der Waals surface area contributed by atoms with E-state index in [4.69, 9.17) is 9.47 Å². The number of hydrogen-bond donors (Lipinski definition) is 1. The van der Waals surface area contributed by atoms with Gasteiger partial charge in [-0.2, -0.15) is 0 Å². The van der Waals surface area contributed by atoms with Gasteiger partial charge >= 0.3 is 0 Å². The van der Waals surface area contributed by atoms with Crippen LogP contribution in [0, 0.1) is 0 Å². The molecule has 4 rings (SSSR count). The second kappa shape index (κ2) is 8.42. The van der Waals surface area contributed by atoms with Gasteiger partial charge in [-0.25, -0.2) is 13.1 Å². The number of nitrogens with one attached hydrogen (secondary N) is 1. The van der Waals surface area contributed by atoms with Crippen LogP contribution in [0.3, 0.4) is 0 Å². The van der Waals surface area contributed by atoms with Gasteiger partial charge in [0.2, 0.25) is 16.8 Å². The van der Waals surface area contributed by atoms with E-state index in [0.717, 1.165) is 44.3 Å². The van der Waals surface area contributed by atoms with Gasteiger partial charge in [-0.1, -0.05) is 25.0 Å². The molecule has 0 radical (unpaired) electrons. The van der Waals surface area contributed by atoms with Crippen LogP contribution in [-0.4, -0.2) is 39.1 Å². The summed E-state index contributed by atoms with van der Waals surface area (Å²) in [5, 5.41) is 0. The van der Waals surface area contributed by atoms with Gasteiger partial charge in [0, 0.05) is 25.2 Å². The molecule has 29 heavy (non-hydrogen) atoms. The lowest BCUT2D eigenvalue weighted by atomic mass is 10.2. The fourth-order valence-electron chi connectivity index (χ4n) is 3.57. The van der Waals surface area contributed by atoms with E-state index < -0.39 is 10.0 Å². The maximum Gasteiger partial charge on any atom is 0.253 e. The van der Waals surface area contributed by atoms with Crippen LogP contribution in [0.4, 0.5) is 0 Å². The quantitative estimate of drug-likeness (QED) is 0.810. The average Bonchev–Trinajstić information content (AvgIpc) is 3.03. The third kappa shape index (κ3) is 4.54. The maximum atomic E-state index is 12.8. The molecular formula is C21H24N2O5S. The third-order valence-corrected chi connectivity index (χ3v) is 6.59. The lowest BCUT2D eigenvalue weighted by molar-refractivity contribution is 0.0761. The molecular weight excluding hydrogens is 392 g/mol. The van der Waals surface area contributed by atoms with E-state index in [1.165, 1.54) is 12.1 Å². The van der Waals surface area contributed by atoms with E-state index in [9.17, 15) is 13.2 Å². The van der Waals surface area contributed by atoms with E-state index in [1.54, 1.807) is 30.3 Å². The summed E-state index contributed by atoms with van der Waals surface area (Å²) in [6, 6.07) is 11.5. The minimum absolute atomic E-state index is 0.0823. The summed E-state index contributed by atoms with van der Waals surface area (Å²) in [4.78, 5) is 14.7. The molecule has 0 spiro atoms. The van der Waals surface area contributed by atoms with E-state index in [0.29, 0.717) is 17.1 Å². The maximum absolute atomic E-state index is 12.8. The van der Waals surface area contributed by atoms with Gasteiger partial charge in [-0.3, -0.25) is 4.79 Å². The Hall–Kier alpha value is -2.58. The number of nitrogens with zero attached hydrogens (tertiary/aromatic N) is 1. The summed E-state index contributed by atoms with van der Waals surface area (Å²) in [5.74, 6) is 1.14. The zero-order valence-corrected chi connectivity index (χ0v) is 16.9. The van der Waals surface area contributed by atoms with Crippen LogP contribution in [0.5, 0.6) is 11.5 Å². The first-order valence-corrected chi connectivity index (χ1v) is 11.3. The van der Waals surface area contributed by atoms with Crippen molar-refractivity contribution in [1.82, 2.24) is 9.62 Å². The summed E-state index contributed by atoms with van der Waals surface area (Å²) in [6.45, 7) is 1.72. The molecule has 2 aromatic carbocycles. The Bertz CT molecular complexity index is 998. The molecule has 154 valence electrons. The lowest BCUT2D eigenvalue weighted by Gasteiger charge is -2.20. The highest BCUT2D eigenvalue weighted by atomic mass is 32.2. The van der Waals surface area contributed by atoms with Crippen LogP contribution in [-0.2, 0) is 16.6 Å². The molecule has 0 atom stereocenters. The Kier molecular flexibility index (Phi) is 5.73. The summed E-state index contributed by atoms with van der Waals surface area (Å²) in [7, 11) is -3.76. The molecule has 7 nitrogen and oxygen atoms in total. The topological polar surface area (TPSA) is 84.9 Å². The summed E-state index contributed by atoms with van der Waals surface area (Å²) in [5.41, 5.74) is 1.16. The molecule has 0 saturated carbocycles. The van der Waals surface area contributed by atoms with Crippen molar-refractivity contribution in [3.63, 3.8) is 0 Å². The number of fused-ring (bicyclic) bond motifs is 1. The number of hydrogen-bond acceptors (Lipinski definition) is 5. The van der Waals surface area contributed by atoms with Gasteiger partial charge in [-0.15, -0.1) is 0 Å². The molecule has 8 heteroatoms. The summed E-state index contributed by atoms with van der Waals surface area (Å²) in [6.07, 6.45) is 4.23. The van der Waals surface area contributed by atoms with Gasteiger partial charge in [-0.05, 0) is 48.7 Å². The molecule has 0 unspecified atom stereocenters. The van der Waals surface area contributed by atoms with Crippen LogP contribution >= 0.6 is 0 Å². The van der Waals surface area contributed by atoms with E-state index in [-0.39, 0.29) is 24.1 Å². The highest BCUT2D eigenvalue weighted by Gasteiger charge is 2.21. The Morgan fingerprint density at radius 1 is 0.966 bits per heavy atom. The third-order valence-electron chi connectivity index (χ3n) is 5.19. The van der Waals surface area contributed by atoms with E-state index in [1.807, 2.05) is 4.90 Å². The smallest absolute Gasteiger partial charge is 0.253 e. The van der Waals surface area contributed by atoms with Crippen molar-refractivity contribution in [1.29, 1.82) is 0 Å². The molecule has 1 amide bonds. The van der Waals surface area contributed by atoms with Crippen LogP contribution < -0.4 is 14.2 Å². The number of rotatable bonds is 5. The number of carbonyl (C=O) groups is 1. The molecule has 1 fully saturated rings. The first-order chi connectivity index (χ1) is 14.0. The largest absolute Gasteiger partial charge is 0.454 e. The Morgan fingerprint density at radius 2 is 1.72 bits per heavy atom. The fraction of sp³-hybridized carbons (Fsp3) is 0.381. The number of likely N-dealkylation sites (tertiary alicyclic amines) is 1. The minimum Gasteiger partial charge on any atom is -0.454 e. The van der Waals surface area contributed by atoms with Crippen LogP contribution in [0.1, 0.15) is 41.6 Å². The zero-order valence-electron chi connectivity index (χ0n) is 16.1. The Balaban J connectivity index is 1.47. The predicted octanol–water partition coefficient (Wildman–Crippen LogP) is 2.91. The Morgan fingerprint density at radius 3 is 2.52 bits per heavy atom. The van der Waals surface area contributed by atoms with Crippen molar-refractivity contribution in [2.45, 2.75) is 37.1 Å². The molecule has 2 aromatic rings. The molecule has 0 bridgehead atoms. The Labute approximate surface area is 170 Å². The van der Waals surface area contributed by atoms with Crippen molar-refractivity contribution < 1.29 is 22.7 Å². The predicted molar refractivity (Wildman–Crippen MR) is 107 cm³/mol. The van der Waals surface area contributed by atoms with E-state index in [2.05, 4.69) is 4.72 Å². The number of ether oxygens (including phenoxy) is 2. The number of sulfonamides is 1. The normalized spacial score (nSPS) is 16.5. The first kappa shape index (κ1) is 19.7. The van der Waals surface area contributed by atoms with Crippen molar-refractivity contribution >= 4 is 15.9 Å². The molecule has 0 aliphatic carbocycles. The van der Waals surface area contributed by atoms with Gasteiger partial charge < -0.3 is 14.4 Å². The van der Waals surface area contributed by atoms with Crippen LogP contribution in [0.15, 0.2) is 47.4 Å². The average molecular weight is 416 g/mol. The summed E-state index contributed by atoms with van der Waals surface area (Å²) >= 11 is 0. The minimum atomic E-state index is -3.76. The second-order valence-electron chi connectivity index (χ2n) is 7.25. The number of amides is 1. The van der Waals surface area contributed by atoms with Gasteiger partial charge in [0.1, 0.15) is 0 Å². The van der Waals surface area contributed by atoms with Crippen molar-refractivity contribution in [2.75, 3.05) is 19.9 Å².